The third kappa shape index (κ3) is 6.63. The van der Waals surface area contributed by atoms with Gasteiger partial charge in [-0.25, -0.2) is 4.79 Å². The summed E-state index contributed by atoms with van der Waals surface area (Å²) in [6.45, 7) is 1.40. The number of anilines is 2. The van der Waals surface area contributed by atoms with Crippen molar-refractivity contribution in [2.45, 2.75) is 24.7 Å². The Morgan fingerprint density at radius 3 is 2.17 bits per heavy atom. The number of benzene rings is 4. The summed E-state index contributed by atoms with van der Waals surface area (Å²) in [6, 6.07) is 28.1. The molecule has 6 nitrogen and oxygen atoms in total. The molecule has 42 heavy (non-hydrogen) atoms. The molecular formula is C33H30F3N3O3. The molecule has 0 aromatic heterocycles. The fraction of sp³-hybridized carbons (Fsp3) is 0.212. The number of carbonyl (C=O) groups excluding carboxylic acids is 2. The van der Waals surface area contributed by atoms with E-state index in [-0.39, 0.29) is 17.9 Å². The average molecular weight is 574 g/mol. The number of nitrogens with one attached hydrogen (secondary N) is 2. The minimum Gasteiger partial charge on any atom is -0.468 e. The fourth-order valence-electron chi connectivity index (χ4n) is 5.24. The quantitative estimate of drug-likeness (QED) is 0.222. The van der Waals surface area contributed by atoms with Crippen molar-refractivity contribution in [2.24, 2.45) is 0 Å². The van der Waals surface area contributed by atoms with E-state index in [1.165, 1.54) is 19.2 Å². The summed E-state index contributed by atoms with van der Waals surface area (Å²) < 4.78 is 44.0. The summed E-state index contributed by atoms with van der Waals surface area (Å²) in [5, 5.41) is 6.38. The van der Waals surface area contributed by atoms with Crippen molar-refractivity contribution < 1.29 is 27.5 Å². The van der Waals surface area contributed by atoms with Gasteiger partial charge in [-0.2, -0.15) is 13.2 Å². The standard InChI is InChI=1S/C33H30F3N3O3/c1-42-32(41)30(23-7-3-2-4-8-23)39-20-19-27(21-39)37-25-15-17-26(18-16-25)38-31(40)29-10-6-5-9-28(29)22-11-13-24(14-12-22)33(34,35)36/h2-18,27,30,37H,19-21H2,1H3,(H,38,40). The van der Waals surface area contributed by atoms with Crippen molar-refractivity contribution >= 4 is 23.3 Å². The molecule has 0 spiro atoms. The number of carbonyl (C=O) groups is 2. The Labute approximate surface area is 242 Å². The highest BCUT2D eigenvalue weighted by molar-refractivity contribution is 6.08. The fourth-order valence-corrected chi connectivity index (χ4v) is 5.24. The first-order valence-corrected chi connectivity index (χ1v) is 13.5. The monoisotopic (exact) mass is 573 g/mol. The lowest BCUT2D eigenvalue weighted by molar-refractivity contribution is -0.147. The maximum atomic E-state index is 13.1. The third-order valence-corrected chi connectivity index (χ3v) is 7.33. The molecule has 9 heteroatoms. The van der Waals surface area contributed by atoms with Crippen molar-refractivity contribution in [3.63, 3.8) is 0 Å². The number of methoxy groups -OCH3 is 1. The molecule has 1 aliphatic heterocycles. The summed E-state index contributed by atoms with van der Waals surface area (Å²) in [5.74, 6) is -0.658. The minimum absolute atomic E-state index is 0.122. The molecule has 2 atom stereocenters. The number of likely N-dealkylation sites (tertiary alicyclic amines) is 1. The van der Waals surface area contributed by atoms with Gasteiger partial charge in [0.05, 0.1) is 12.7 Å². The van der Waals surface area contributed by atoms with Gasteiger partial charge in [-0.15, -0.1) is 0 Å². The number of hydrogen-bond donors (Lipinski definition) is 2. The van der Waals surface area contributed by atoms with Crippen LogP contribution in [0, 0.1) is 0 Å². The maximum absolute atomic E-state index is 13.1. The topological polar surface area (TPSA) is 70.7 Å². The van der Waals surface area contributed by atoms with Crippen LogP contribution in [-0.4, -0.2) is 43.0 Å². The Morgan fingerprint density at radius 2 is 1.50 bits per heavy atom. The first-order chi connectivity index (χ1) is 20.2. The predicted octanol–water partition coefficient (Wildman–Crippen LogP) is 7.03. The van der Waals surface area contributed by atoms with Gasteiger partial charge >= 0.3 is 12.1 Å². The maximum Gasteiger partial charge on any atom is 0.416 e. The Balaban J connectivity index is 1.22. The van der Waals surface area contributed by atoms with Crippen molar-refractivity contribution in [1.29, 1.82) is 0 Å². The van der Waals surface area contributed by atoms with Gasteiger partial charge in [0, 0.05) is 36.1 Å². The highest BCUT2D eigenvalue weighted by Crippen LogP contribution is 2.32. The largest absolute Gasteiger partial charge is 0.468 e. The Bertz CT molecular complexity index is 1520. The van der Waals surface area contributed by atoms with Crippen molar-refractivity contribution in [3.05, 3.63) is 120 Å². The van der Waals surface area contributed by atoms with Crippen LogP contribution in [0.5, 0.6) is 0 Å². The highest BCUT2D eigenvalue weighted by Gasteiger charge is 2.34. The van der Waals surface area contributed by atoms with E-state index in [0.717, 1.165) is 36.3 Å². The normalized spacial score (nSPS) is 16.0. The Kier molecular flexibility index (Phi) is 8.59. The van der Waals surface area contributed by atoms with Crippen LogP contribution in [-0.2, 0) is 15.7 Å². The van der Waals surface area contributed by atoms with E-state index in [0.29, 0.717) is 28.9 Å². The Morgan fingerprint density at radius 1 is 0.857 bits per heavy atom. The van der Waals surface area contributed by atoms with E-state index in [1.807, 2.05) is 42.5 Å². The second-order valence-electron chi connectivity index (χ2n) is 10.1. The highest BCUT2D eigenvalue weighted by atomic mass is 19.4. The number of halogens is 3. The van der Waals surface area contributed by atoms with Gasteiger partial charge in [-0.1, -0.05) is 60.7 Å². The van der Waals surface area contributed by atoms with E-state index in [1.54, 1.807) is 36.4 Å². The van der Waals surface area contributed by atoms with E-state index >= 15 is 0 Å². The molecule has 2 unspecified atom stereocenters. The number of rotatable bonds is 8. The second kappa shape index (κ2) is 12.5. The number of ether oxygens (including phenoxy) is 1. The number of amides is 1. The van der Waals surface area contributed by atoms with Crippen LogP contribution in [0.1, 0.15) is 33.9 Å². The molecule has 1 saturated heterocycles. The molecule has 1 aliphatic rings. The zero-order valence-electron chi connectivity index (χ0n) is 22.9. The van der Waals surface area contributed by atoms with Gasteiger partial charge in [-0.3, -0.25) is 9.69 Å². The SMILES string of the molecule is COC(=O)C(c1ccccc1)N1CCC(Nc2ccc(NC(=O)c3ccccc3-c3ccc(C(F)(F)F)cc3)cc2)C1. The predicted molar refractivity (Wildman–Crippen MR) is 156 cm³/mol. The summed E-state index contributed by atoms with van der Waals surface area (Å²) in [6.07, 6.45) is -3.58. The molecule has 1 fully saturated rings. The van der Waals surface area contributed by atoms with Gasteiger partial charge in [0.1, 0.15) is 6.04 Å². The zero-order valence-corrected chi connectivity index (χ0v) is 22.9. The van der Waals surface area contributed by atoms with E-state index < -0.39 is 17.8 Å². The summed E-state index contributed by atoms with van der Waals surface area (Å²) >= 11 is 0. The molecule has 0 aliphatic carbocycles. The van der Waals surface area contributed by atoms with Crippen LogP contribution in [0.15, 0.2) is 103 Å². The molecule has 1 heterocycles. The molecule has 0 radical (unpaired) electrons. The first kappa shape index (κ1) is 28.9. The van der Waals surface area contributed by atoms with Crippen LogP contribution < -0.4 is 10.6 Å². The molecule has 2 N–H and O–H groups in total. The van der Waals surface area contributed by atoms with Crippen LogP contribution >= 0.6 is 0 Å². The molecule has 216 valence electrons. The van der Waals surface area contributed by atoms with Gasteiger partial charge < -0.3 is 15.4 Å². The lowest BCUT2D eigenvalue weighted by Gasteiger charge is -2.26. The van der Waals surface area contributed by atoms with Crippen LogP contribution in [0.4, 0.5) is 24.5 Å². The van der Waals surface area contributed by atoms with Gasteiger partial charge in [0.15, 0.2) is 0 Å². The molecule has 4 aromatic rings. The van der Waals surface area contributed by atoms with E-state index in [2.05, 4.69) is 15.5 Å². The van der Waals surface area contributed by atoms with Crippen molar-refractivity contribution in [2.75, 3.05) is 30.8 Å². The van der Waals surface area contributed by atoms with Gasteiger partial charge in [0.2, 0.25) is 0 Å². The van der Waals surface area contributed by atoms with Crippen molar-refractivity contribution in [3.8, 4) is 11.1 Å². The molecule has 1 amide bonds. The minimum atomic E-state index is -4.43. The third-order valence-electron chi connectivity index (χ3n) is 7.33. The average Bonchev–Trinajstić information content (AvgIpc) is 3.46. The molecule has 4 aromatic carbocycles. The van der Waals surface area contributed by atoms with Crippen LogP contribution in [0.3, 0.4) is 0 Å². The lowest BCUT2D eigenvalue weighted by atomic mass is 9.98. The molecule has 0 bridgehead atoms. The van der Waals surface area contributed by atoms with E-state index in [4.69, 9.17) is 4.74 Å². The summed E-state index contributed by atoms with van der Waals surface area (Å²) in [7, 11) is 1.40. The van der Waals surface area contributed by atoms with Crippen LogP contribution in [0.25, 0.3) is 11.1 Å². The zero-order chi connectivity index (χ0) is 29.7. The van der Waals surface area contributed by atoms with Crippen molar-refractivity contribution in [1.82, 2.24) is 4.90 Å². The molecule has 5 rings (SSSR count). The number of esters is 1. The number of nitrogens with zero attached hydrogens (tertiary/aromatic N) is 1. The molecule has 0 saturated carbocycles. The number of hydrogen-bond acceptors (Lipinski definition) is 5. The Hall–Kier alpha value is -4.63. The first-order valence-electron chi connectivity index (χ1n) is 13.5. The smallest absolute Gasteiger partial charge is 0.416 e. The van der Waals surface area contributed by atoms with Crippen LogP contribution in [0.2, 0.25) is 0 Å². The van der Waals surface area contributed by atoms with Gasteiger partial charge in [0.25, 0.3) is 5.91 Å². The second-order valence-corrected chi connectivity index (χ2v) is 10.1. The van der Waals surface area contributed by atoms with Gasteiger partial charge in [-0.05, 0) is 65.6 Å². The number of alkyl halides is 3. The molecular weight excluding hydrogens is 543 g/mol. The lowest BCUT2D eigenvalue weighted by Crippen LogP contribution is -2.35. The summed E-state index contributed by atoms with van der Waals surface area (Å²) in [5.41, 5.74) is 3.00. The summed E-state index contributed by atoms with van der Waals surface area (Å²) in [4.78, 5) is 27.8. The van der Waals surface area contributed by atoms with E-state index in [9.17, 15) is 22.8 Å².